The van der Waals surface area contributed by atoms with Crippen LogP contribution < -0.4 is 0 Å². The van der Waals surface area contributed by atoms with Gasteiger partial charge in [0.15, 0.2) is 12.4 Å². The minimum atomic E-state index is -1.57. The molecule has 0 saturated carbocycles. The summed E-state index contributed by atoms with van der Waals surface area (Å²) >= 11 is 0. The Morgan fingerprint density at radius 2 is 1.84 bits per heavy atom. The van der Waals surface area contributed by atoms with Crippen molar-refractivity contribution < 1.29 is 29.2 Å². The molecule has 0 amide bonds. The van der Waals surface area contributed by atoms with Crippen LogP contribution in [0.5, 0.6) is 0 Å². The van der Waals surface area contributed by atoms with E-state index in [0.29, 0.717) is 0 Å². The number of Topliss-reactive ketones (excluding diaryl/α,β-unsaturated/α-hetero) is 1. The highest BCUT2D eigenvalue weighted by Gasteiger charge is 2.52. The second kappa shape index (κ2) is 4.99. The van der Waals surface area contributed by atoms with Crippen molar-refractivity contribution in [3.05, 3.63) is 35.9 Å². The molecule has 3 rings (SSSR count). The molecule has 1 unspecified atom stereocenters. The number of hydrogen-bond donors (Lipinski definition) is 2. The predicted molar refractivity (Wildman–Crippen MR) is 61.9 cm³/mol. The van der Waals surface area contributed by atoms with E-state index < -0.39 is 36.7 Å². The Kier molecular flexibility index (Phi) is 3.34. The van der Waals surface area contributed by atoms with E-state index in [2.05, 4.69) is 0 Å². The minimum absolute atomic E-state index is 0.351. The van der Waals surface area contributed by atoms with Crippen LogP contribution in [-0.4, -0.2) is 47.2 Å². The second-order valence-electron chi connectivity index (χ2n) is 4.51. The maximum atomic E-state index is 11.8. The molecule has 0 aromatic heterocycles. The molecule has 2 saturated heterocycles. The average Bonchev–Trinajstić information content (AvgIpc) is 2.89. The van der Waals surface area contributed by atoms with E-state index in [1.807, 2.05) is 30.3 Å². The van der Waals surface area contributed by atoms with Gasteiger partial charge in [-0.25, -0.2) is 0 Å². The monoisotopic (exact) mass is 266 g/mol. The molecular formula is C13H14O6. The Labute approximate surface area is 109 Å². The molecule has 0 aliphatic carbocycles. The van der Waals surface area contributed by atoms with Crippen LogP contribution in [0.1, 0.15) is 11.9 Å². The highest BCUT2D eigenvalue weighted by Crippen LogP contribution is 2.36. The third-order valence-electron chi connectivity index (χ3n) is 3.29. The van der Waals surface area contributed by atoms with Crippen molar-refractivity contribution in [3.63, 3.8) is 0 Å². The van der Waals surface area contributed by atoms with Crippen LogP contribution in [-0.2, 0) is 19.0 Å². The number of aliphatic hydroxyl groups is 2. The molecule has 5 atom stereocenters. The third kappa shape index (κ3) is 2.18. The lowest BCUT2D eigenvalue weighted by molar-refractivity contribution is -0.211. The number of benzene rings is 1. The summed E-state index contributed by atoms with van der Waals surface area (Å²) in [4.78, 5) is 11.8. The molecule has 6 heteroatoms. The lowest BCUT2D eigenvalue weighted by Crippen LogP contribution is -2.54. The van der Waals surface area contributed by atoms with Crippen LogP contribution >= 0.6 is 0 Å². The zero-order valence-corrected chi connectivity index (χ0v) is 10.0. The third-order valence-corrected chi connectivity index (χ3v) is 3.29. The molecule has 0 radical (unpaired) electrons. The van der Waals surface area contributed by atoms with Crippen molar-refractivity contribution in [2.75, 3.05) is 6.61 Å². The zero-order chi connectivity index (χ0) is 13.4. The molecule has 2 aliphatic rings. The SMILES string of the molecule is O=C1[C@H](O)O[C@H](CO)[C@H]2OC(c3ccccc3)O[C@@H]12. The smallest absolute Gasteiger partial charge is 0.220 e. The number of aliphatic hydroxyl groups excluding tert-OH is 2. The normalized spacial score (nSPS) is 38.2. The van der Waals surface area contributed by atoms with Gasteiger partial charge >= 0.3 is 0 Å². The van der Waals surface area contributed by atoms with Crippen molar-refractivity contribution >= 4 is 5.78 Å². The second-order valence-corrected chi connectivity index (χ2v) is 4.51. The molecule has 2 fully saturated rings. The van der Waals surface area contributed by atoms with Crippen molar-refractivity contribution in [1.82, 2.24) is 0 Å². The molecule has 2 N–H and O–H groups in total. The summed E-state index contributed by atoms with van der Waals surface area (Å²) in [7, 11) is 0. The van der Waals surface area contributed by atoms with Gasteiger partial charge in [-0.2, -0.15) is 0 Å². The van der Waals surface area contributed by atoms with Crippen molar-refractivity contribution in [1.29, 1.82) is 0 Å². The van der Waals surface area contributed by atoms with Crippen molar-refractivity contribution in [3.8, 4) is 0 Å². The van der Waals surface area contributed by atoms with Gasteiger partial charge in [0.2, 0.25) is 12.1 Å². The maximum absolute atomic E-state index is 11.8. The Hall–Kier alpha value is -1.31. The number of ketones is 1. The van der Waals surface area contributed by atoms with Gasteiger partial charge in [0.25, 0.3) is 0 Å². The fraction of sp³-hybridized carbons (Fsp3) is 0.462. The van der Waals surface area contributed by atoms with E-state index in [9.17, 15) is 15.0 Å². The first-order valence-electron chi connectivity index (χ1n) is 6.04. The summed E-state index contributed by atoms with van der Waals surface area (Å²) in [5.41, 5.74) is 0.774. The Balaban J connectivity index is 1.83. The fourth-order valence-electron chi connectivity index (χ4n) is 2.33. The first-order chi connectivity index (χ1) is 9.20. The predicted octanol–water partition coefficient (Wildman–Crippen LogP) is -0.252. The minimum Gasteiger partial charge on any atom is -0.394 e. The van der Waals surface area contributed by atoms with Crippen LogP contribution in [0.15, 0.2) is 30.3 Å². The summed E-state index contributed by atoms with van der Waals surface area (Å²) in [6, 6.07) is 9.16. The van der Waals surface area contributed by atoms with E-state index in [4.69, 9.17) is 14.2 Å². The number of rotatable bonds is 2. The van der Waals surface area contributed by atoms with Crippen LogP contribution in [0, 0.1) is 0 Å². The summed E-state index contributed by atoms with van der Waals surface area (Å²) in [5, 5.41) is 18.7. The summed E-state index contributed by atoms with van der Waals surface area (Å²) in [5.74, 6) is -0.576. The summed E-state index contributed by atoms with van der Waals surface area (Å²) < 4.78 is 16.2. The first kappa shape index (κ1) is 12.7. The van der Waals surface area contributed by atoms with Crippen LogP contribution in [0.3, 0.4) is 0 Å². The number of hydrogen-bond acceptors (Lipinski definition) is 6. The highest BCUT2D eigenvalue weighted by molar-refractivity contribution is 5.87. The van der Waals surface area contributed by atoms with Crippen LogP contribution in [0.4, 0.5) is 0 Å². The van der Waals surface area contributed by atoms with Gasteiger partial charge in [-0.05, 0) is 0 Å². The molecule has 2 aliphatic heterocycles. The van der Waals surface area contributed by atoms with E-state index >= 15 is 0 Å². The molecule has 0 spiro atoms. The fourth-order valence-corrected chi connectivity index (χ4v) is 2.33. The summed E-state index contributed by atoms with van der Waals surface area (Å²) in [6.07, 6.45) is -4.65. The molecular weight excluding hydrogens is 252 g/mol. The van der Waals surface area contributed by atoms with E-state index in [0.717, 1.165) is 5.56 Å². The van der Waals surface area contributed by atoms with Crippen LogP contribution in [0.25, 0.3) is 0 Å². The molecule has 102 valence electrons. The van der Waals surface area contributed by atoms with Gasteiger partial charge in [-0.1, -0.05) is 30.3 Å². The number of carbonyl (C=O) groups is 1. The van der Waals surface area contributed by atoms with Gasteiger partial charge in [0.05, 0.1) is 6.61 Å². The maximum Gasteiger partial charge on any atom is 0.220 e. The lowest BCUT2D eigenvalue weighted by Gasteiger charge is -2.31. The zero-order valence-electron chi connectivity index (χ0n) is 10.0. The number of fused-ring (bicyclic) bond motifs is 1. The highest BCUT2D eigenvalue weighted by atomic mass is 16.8. The summed E-state index contributed by atoms with van der Waals surface area (Å²) in [6.45, 7) is -0.351. The first-order valence-corrected chi connectivity index (χ1v) is 6.04. The van der Waals surface area contributed by atoms with Crippen molar-refractivity contribution in [2.45, 2.75) is 30.9 Å². The molecule has 6 nitrogen and oxygen atoms in total. The van der Waals surface area contributed by atoms with Crippen molar-refractivity contribution in [2.24, 2.45) is 0 Å². The van der Waals surface area contributed by atoms with E-state index in [1.54, 1.807) is 0 Å². The van der Waals surface area contributed by atoms with Gasteiger partial charge in [-0.15, -0.1) is 0 Å². The number of carbonyl (C=O) groups excluding carboxylic acids is 1. The molecule has 1 aromatic rings. The van der Waals surface area contributed by atoms with E-state index in [-0.39, 0.29) is 6.61 Å². The topological polar surface area (TPSA) is 85.2 Å². The lowest BCUT2D eigenvalue weighted by atomic mass is 10.0. The standard InChI is InChI=1S/C13H14O6/c14-6-8-10-11(9(15)12(16)17-8)19-13(18-10)7-4-2-1-3-5-7/h1-5,8,10-14,16H,6H2/t8-,10-,11+,12-,13?/m1/s1. The Bertz CT molecular complexity index is 461. The van der Waals surface area contributed by atoms with Gasteiger partial charge in [-0.3, -0.25) is 4.79 Å². The van der Waals surface area contributed by atoms with Gasteiger partial charge < -0.3 is 24.4 Å². The molecule has 0 bridgehead atoms. The average molecular weight is 266 g/mol. The van der Waals surface area contributed by atoms with E-state index in [1.165, 1.54) is 0 Å². The van der Waals surface area contributed by atoms with Gasteiger partial charge in [0, 0.05) is 5.56 Å². The molecule has 2 heterocycles. The Morgan fingerprint density at radius 3 is 2.53 bits per heavy atom. The van der Waals surface area contributed by atoms with Crippen LogP contribution in [0.2, 0.25) is 0 Å². The molecule has 1 aromatic carbocycles. The largest absolute Gasteiger partial charge is 0.394 e. The van der Waals surface area contributed by atoms with Gasteiger partial charge in [0.1, 0.15) is 12.2 Å². The molecule has 19 heavy (non-hydrogen) atoms. The quantitative estimate of drug-likeness (QED) is 0.767. The Morgan fingerprint density at radius 1 is 1.11 bits per heavy atom. The number of ether oxygens (including phenoxy) is 3.